The van der Waals surface area contributed by atoms with E-state index in [4.69, 9.17) is 4.74 Å². The molecule has 0 aliphatic rings. The summed E-state index contributed by atoms with van der Waals surface area (Å²) < 4.78 is 5.73. The lowest BCUT2D eigenvalue weighted by Gasteiger charge is -2.25. The Kier molecular flexibility index (Phi) is 7.25. The number of nitriles is 1. The van der Waals surface area contributed by atoms with Gasteiger partial charge < -0.3 is 4.74 Å². The molecule has 0 radical (unpaired) electrons. The Morgan fingerprint density at radius 3 is 2.43 bits per heavy atom. The number of hydrogen-bond acceptors (Lipinski definition) is 3. The largest absolute Gasteiger partial charge is 0.494 e. The van der Waals surface area contributed by atoms with Crippen molar-refractivity contribution in [2.75, 3.05) is 6.61 Å². The molecule has 1 atom stereocenters. The van der Waals surface area contributed by atoms with Crippen LogP contribution < -0.4 is 10.1 Å². The van der Waals surface area contributed by atoms with Gasteiger partial charge in [0.05, 0.1) is 12.7 Å². The zero-order chi connectivity index (χ0) is 15.7. The molecule has 0 spiro atoms. The minimum atomic E-state index is -0.434. The summed E-state index contributed by atoms with van der Waals surface area (Å²) in [5.74, 6) is 0.926. The van der Waals surface area contributed by atoms with Crippen LogP contribution in [0.5, 0.6) is 5.75 Å². The highest BCUT2D eigenvalue weighted by Crippen LogP contribution is 2.16. The maximum Gasteiger partial charge on any atom is 0.119 e. The molecule has 0 aromatic heterocycles. The van der Waals surface area contributed by atoms with Crippen LogP contribution in [-0.4, -0.2) is 18.2 Å². The van der Waals surface area contributed by atoms with Crippen LogP contribution in [0, 0.1) is 11.3 Å². The lowest BCUT2D eigenvalue weighted by Crippen LogP contribution is -2.44. The predicted octanol–water partition coefficient (Wildman–Crippen LogP) is 4.08. The monoisotopic (exact) mass is 288 g/mol. The number of nitrogens with one attached hydrogen (secondary N) is 1. The van der Waals surface area contributed by atoms with Crippen LogP contribution in [0.4, 0.5) is 0 Å². The summed E-state index contributed by atoms with van der Waals surface area (Å²) in [7, 11) is 0. The predicted molar refractivity (Wildman–Crippen MR) is 87.5 cm³/mol. The van der Waals surface area contributed by atoms with Gasteiger partial charge in [0.2, 0.25) is 0 Å². The molecule has 1 aromatic carbocycles. The molecule has 0 heterocycles. The Labute approximate surface area is 129 Å². The first kappa shape index (κ1) is 17.5. The first-order chi connectivity index (χ1) is 9.99. The molecule has 0 amide bonds. The minimum absolute atomic E-state index is 0.322. The van der Waals surface area contributed by atoms with Crippen molar-refractivity contribution in [1.82, 2.24) is 5.32 Å². The topological polar surface area (TPSA) is 45.0 Å². The third-order valence-electron chi connectivity index (χ3n) is 3.53. The minimum Gasteiger partial charge on any atom is -0.494 e. The molecular weight excluding hydrogens is 260 g/mol. The number of aryl methyl sites for hydroxylation is 1. The highest BCUT2D eigenvalue weighted by molar-refractivity contribution is 5.27. The Balaban J connectivity index is 2.26. The molecule has 0 fully saturated rings. The number of benzene rings is 1. The van der Waals surface area contributed by atoms with Gasteiger partial charge in [-0.1, -0.05) is 19.1 Å². The smallest absolute Gasteiger partial charge is 0.119 e. The molecule has 0 saturated heterocycles. The maximum absolute atomic E-state index is 9.27. The number of unbranched alkanes of at least 4 members (excludes halogenated alkanes) is 1. The van der Waals surface area contributed by atoms with E-state index >= 15 is 0 Å². The molecule has 21 heavy (non-hydrogen) atoms. The van der Waals surface area contributed by atoms with Crippen molar-refractivity contribution in [3.8, 4) is 11.8 Å². The Morgan fingerprint density at radius 2 is 1.90 bits per heavy atom. The average Bonchev–Trinajstić information content (AvgIpc) is 2.47. The van der Waals surface area contributed by atoms with E-state index in [9.17, 15) is 5.26 Å². The normalized spacial score (nSPS) is 13.7. The second-order valence-corrected chi connectivity index (χ2v) is 6.05. The number of ether oxygens (including phenoxy) is 1. The number of rotatable bonds is 9. The van der Waals surface area contributed by atoms with Gasteiger partial charge in [-0.2, -0.15) is 5.26 Å². The fourth-order valence-electron chi connectivity index (χ4n) is 2.39. The summed E-state index contributed by atoms with van der Waals surface area (Å²) in [6.45, 7) is 8.95. The van der Waals surface area contributed by atoms with Gasteiger partial charge in [-0.05, 0) is 64.2 Å². The summed E-state index contributed by atoms with van der Waals surface area (Å²) in [6.07, 6.45) is 3.85. The van der Waals surface area contributed by atoms with Crippen molar-refractivity contribution in [3.63, 3.8) is 0 Å². The Hall–Kier alpha value is -1.53. The van der Waals surface area contributed by atoms with Crippen LogP contribution in [0.25, 0.3) is 0 Å². The van der Waals surface area contributed by atoms with Crippen LogP contribution >= 0.6 is 0 Å². The van der Waals surface area contributed by atoms with E-state index < -0.39 is 5.54 Å². The van der Waals surface area contributed by atoms with E-state index in [1.807, 2.05) is 19.1 Å². The van der Waals surface area contributed by atoms with Gasteiger partial charge >= 0.3 is 0 Å². The Morgan fingerprint density at radius 1 is 1.24 bits per heavy atom. The van der Waals surface area contributed by atoms with Crippen LogP contribution in [0.15, 0.2) is 24.3 Å². The first-order valence-corrected chi connectivity index (χ1v) is 7.90. The summed E-state index contributed by atoms with van der Waals surface area (Å²) in [5.41, 5.74) is 0.892. The van der Waals surface area contributed by atoms with Crippen molar-refractivity contribution in [2.24, 2.45) is 0 Å². The second-order valence-electron chi connectivity index (χ2n) is 6.05. The maximum atomic E-state index is 9.27. The molecule has 1 aromatic rings. The van der Waals surface area contributed by atoms with Gasteiger partial charge in [0.1, 0.15) is 11.3 Å². The number of nitrogens with zero attached hydrogens (tertiary/aromatic N) is 1. The molecule has 0 bridgehead atoms. The van der Waals surface area contributed by atoms with Crippen molar-refractivity contribution in [3.05, 3.63) is 29.8 Å². The molecule has 1 rings (SSSR count). The summed E-state index contributed by atoms with van der Waals surface area (Å²) in [4.78, 5) is 0. The SMILES string of the molecule is CCc1ccc(OCCCCC(C)(C#N)NC(C)C)cc1. The third kappa shape index (κ3) is 6.64. The molecule has 0 aliphatic carbocycles. The standard InChI is InChI=1S/C18H28N2O/c1-5-16-8-10-17(11-9-16)21-13-7-6-12-18(4,14-19)20-15(2)3/h8-11,15,20H,5-7,12-13H2,1-4H3. The molecule has 0 aliphatic heterocycles. The van der Waals surface area contributed by atoms with Gasteiger partial charge in [-0.3, -0.25) is 5.32 Å². The molecule has 0 saturated carbocycles. The van der Waals surface area contributed by atoms with Crippen LogP contribution in [0.1, 0.15) is 52.5 Å². The van der Waals surface area contributed by atoms with Gasteiger partial charge in [0.15, 0.2) is 0 Å². The van der Waals surface area contributed by atoms with E-state index in [2.05, 4.69) is 44.3 Å². The quantitative estimate of drug-likeness (QED) is 0.696. The highest BCUT2D eigenvalue weighted by atomic mass is 16.5. The fourth-order valence-corrected chi connectivity index (χ4v) is 2.39. The molecule has 116 valence electrons. The zero-order valence-corrected chi connectivity index (χ0v) is 13.8. The van der Waals surface area contributed by atoms with Crippen molar-refractivity contribution < 1.29 is 4.74 Å². The molecule has 1 N–H and O–H groups in total. The Bertz CT molecular complexity index is 447. The molecule has 3 nitrogen and oxygen atoms in total. The summed E-state index contributed by atoms with van der Waals surface area (Å²) in [6, 6.07) is 11.0. The van der Waals surface area contributed by atoms with E-state index in [1.54, 1.807) is 0 Å². The van der Waals surface area contributed by atoms with E-state index in [-0.39, 0.29) is 0 Å². The van der Waals surface area contributed by atoms with Gasteiger partial charge in [0, 0.05) is 6.04 Å². The van der Waals surface area contributed by atoms with Gasteiger partial charge in [0.25, 0.3) is 0 Å². The second kappa shape index (κ2) is 8.69. The average molecular weight is 288 g/mol. The van der Waals surface area contributed by atoms with Crippen molar-refractivity contribution >= 4 is 0 Å². The van der Waals surface area contributed by atoms with E-state index in [1.165, 1.54) is 5.56 Å². The fraction of sp³-hybridized carbons (Fsp3) is 0.611. The van der Waals surface area contributed by atoms with Gasteiger partial charge in [-0.15, -0.1) is 0 Å². The first-order valence-electron chi connectivity index (χ1n) is 7.90. The van der Waals surface area contributed by atoms with E-state index in [0.717, 1.165) is 31.4 Å². The van der Waals surface area contributed by atoms with Crippen molar-refractivity contribution in [1.29, 1.82) is 5.26 Å². The van der Waals surface area contributed by atoms with E-state index in [0.29, 0.717) is 12.6 Å². The third-order valence-corrected chi connectivity index (χ3v) is 3.53. The van der Waals surface area contributed by atoms with Crippen LogP contribution in [-0.2, 0) is 6.42 Å². The summed E-state index contributed by atoms with van der Waals surface area (Å²) >= 11 is 0. The van der Waals surface area contributed by atoms with Crippen molar-refractivity contribution in [2.45, 2.75) is 65.0 Å². The lowest BCUT2D eigenvalue weighted by molar-refractivity contribution is 0.292. The highest BCUT2D eigenvalue weighted by Gasteiger charge is 2.23. The van der Waals surface area contributed by atoms with Gasteiger partial charge in [-0.25, -0.2) is 0 Å². The molecular formula is C18H28N2O. The van der Waals surface area contributed by atoms with Crippen LogP contribution in [0.2, 0.25) is 0 Å². The zero-order valence-electron chi connectivity index (χ0n) is 13.8. The lowest BCUT2D eigenvalue weighted by atomic mass is 9.96. The summed E-state index contributed by atoms with van der Waals surface area (Å²) in [5, 5.41) is 12.6. The molecule has 1 unspecified atom stereocenters. The molecule has 3 heteroatoms. The number of hydrogen-bond donors (Lipinski definition) is 1. The van der Waals surface area contributed by atoms with Crippen LogP contribution in [0.3, 0.4) is 0 Å².